The molecule has 0 saturated heterocycles. The van der Waals surface area contributed by atoms with Crippen LogP contribution in [0.5, 0.6) is 0 Å². The average molecular weight is 261 g/mol. The van der Waals surface area contributed by atoms with E-state index in [4.69, 9.17) is 0 Å². The highest BCUT2D eigenvalue weighted by Crippen LogP contribution is 2.45. The number of nitrogens with one attached hydrogen (secondary N) is 1. The number of anilines is 1. The SMILES string of the molecule is CC12C=CC=CC1Nc1c(-c3ccccc3)ncnc12. The minimum atomic E-state index is -0.0868. The Balaban J connectivity index is 1.92. The molecule has 2 atom stereocenters. The van der Waals surface area contributed by atoms with Crippen LogP contribution in [0.2, 0.25) is 0 Å². The van der Waals surface area contributed by atoms with Crippen molar-refractivity contribution in [1.82, 2.24) is 9.97 Å². The summed E-state index contributed by atoms with van der Waals surface area (Å²) < 4.78 is 0. The lowest BCUT2D eigenvalue weighted by atomic mass is 9.79. The van der Waals surface area contributed by atoms with Crippen molar-refractivity contribution in [2.24, 2.45) is 0 Å². The molecule has 1 aliphatic carbocycles. The third-order valence-corrected chi connectivity index (χ3v) is 4.21. The van der Waals surface area contributed by atoms with Crippen molar-refractivity contribution in [3.8, 4) is 11.3 Å². The summed E-state index contributed by atoms with van der Waals surface area (Å²) in [6.07, 6.45) is 10.3. The van der Waals surface area contributed by atoms with Gasteiger partial charge >= 0.3 is 0 Å². The summed E-state index contributed by atoms with van der Waals surface area (Å²) in [5.74, 6) is 0. The van der Waals surface area contributed by atoms with Crippen molar-refractivity contribution in [3.63, 3.8) is 0 Å². The fourth-order valence-corrected chi connectivity index (χ4v) is 3.06. The van der Waals surface area contributed by atoms with E-state index < -0.39 is 0 Å². The molecule has 1 aromatic heterocycles. The van der Waals surface area contributed by atoms with Crippen LogP contribution >= 0.6 is 0 Å². The predicted octanol–water partition coefficient (Wildman–Crippen LogP) is 3.32. The molecule has 0 bridgehead atoms. The monoisotopic (exact) mass is 261 g/mol. The summed E-state index contributed by atoms with van der Waals surface area (Å²) in [5.41, 5.74) is 4.15. The Morgan fingerprint density at radius 2 is 1.95 bits per heavy atom. The molecule has 0 amide bonds. The summed E-state index contributed by atoms with van der Waals surface area (Å²) >= 11 is 0. The van der Waals surface area contributed by atoms with E-state index >= 15 is 0 Å². The molecule has 2 unspecified atom stereocenters. The number of nitrogens with zero attached hydrogens (tertiary/aromatic N) is 2. The van der Waals surface area contributed by atoms with E-state index in [-0.39, 0.29) is 11.5 Å². The van der Waals surface area contributed by atoms with Crippen molar-refractivity contribution in [2.45, 2.75) is 18.4 Å². The summed E-state index contributed by atoms with van der Waals surface area (Å²) in [4.78, 5) is 9.03. The van der Waals surface area contributed by atoms with Gasteiger partial charge in [-0.1, -0.05) is 54.6 Å². The van der Waals surface area contributed by atoms with E-state index in [1.165, 1.54) is 0 Å². The van der Waals surface area contributed by atoms with Gasteiger partial charge in [-0.15, -0.1) is 0 Å². The summed E-state index contributed by atoms with van der Waals surface area (Å²) in [6.45, 7) is 2.22. The molecule has 0 saturated carbocycles. The van der Waals surface area contributed by atoms with Gasteiger partial charge in [-0.3, -0.25) is 0 Å². The first-order chi connectivity index (χ1) is 9.79. The quantitative estimate of drug-likeness (QED) is 0.855. The van der Waals surface area contributed by atoms with Gasteiger partial charge in [0.15, 0.2) is 0 Å². The van der Waals surface area contributed by atoms with Crippen LogP contribution in [0, 0.1) is 0 Å². The average Bonchev–Trinajstić information content (AvgIpc) is 2.81. The minimum absolute atomic E-state index is 0.0868. The standard InChI is InChI=1S/C17H15N3/c1-17-10-6-5-9-13(17)20-15-14(18-11-19-16(15)17)12-7-3-2-4-8-12/h2-11,13,20H,1H3. The normalized spacial score (nSPS) is 25.9. The second-order valence-electron chi connectivity index (χ2n) is 5.46. The molecule has 1 aliphatic heterocycles. The number of hydrogen-bond acceptors (Lipinski definition) is 3. The van der Waals surface area contributed by atoms with Crippen LogP contribution in [0.1, 0.15) is 12.6 Å². The summed E-state index contributed by atoms with van der Waals surface area (Å²) in [5, 5.41) is 3.58. The van der Waals surface area contributed by atoms with E-state index in [1.807, 2.05) is 18.2 Å². The Morgan fingerprint density at radius 1 is 1.10 bits per heavy atom. The van der Waals surface area contributed by atoms with Gasteiger partial charge < -0.3 is 5.32 Å². The van der Waals surface area contributed by atoms with Gasteiger partial charge in [-0.05, 0) is 6.92 Å². The van der Waals surface area contributed by atoms with Gasteiger partial charge in [0, 0.05) is 5.56 Å². The number of benzene rings is 1. The highest BCUT2D eigenvalue weighted by atomic mass is 15.1. The number of aromatic nitrogens is 2. The zero-order valence-electron chi connectivity index (χ0n) is 11.2. The van der Waals surface area contributed by atoms with Gasteiger partial charge in [-0.2, -0.15) is 0 Å². The lowest BCUT2D eigenvalue weighted by Gasteiger charge is -2.27. The lowest BCUT2D eigenvalue weighted by Crippen LogP contribution is -2.34. The predicted molar refractivity (Wildman–Crippen MR) is 80.5 cm³/mol. The number of allylic oxidation sites excluding steroid dienone is 2. The van der Waals surface area contributed by atoms with Crippen molar-refractivity contribution in [2.75, 3.05) is 5.32 Å². The van der Waals surface area contributed by atoms with Crippen molar-refractivity contribution in [1.29, 1.82) is 0 Å². The van der Waals surface area contributed by atoms with Crippen LogP contribution < -0.4 is 5.32 Å². The smallest absolute Gasteiger partial charge is 0.116 e. The van der Waals surface area contributed by atoms with Gasteiger partial charge in [-0.25, -0.2) is 9.97 Å². The van der Waals surface area contributed by atoms with E-state index in [2.05, 4.69) is 58.6 Å². The van der Waals surface area contributed by atoms with E-state index in [9.17, 15) is 0 Å². The highest BCUT2D eigenvalue weighted by molar-refractivity contribution is 5.80. The maximum atomic E-state index is 4.54. The topological polar surface area (TPSA) is 37.8 Å². The lowest BCUT2D eigenvalue weighted by molar-refractivity contribution is 0.563. The summed E-state index contributed by atoms with van der Waals surface area (Å²) in [7, 11) is 0. The Hall–Kier alpha value is -2.42. The van der Waals surface area contributed by atoms with Crippen LogP contribution in [-0.4, -0.2) is 16.0 Å². The molecular formula is C17H15N3. The van der Waals surface area contributed by atoms with Crippen LogP contribution in [-0.2, 0) is 5.41 Å². The first-order valence-corrected chi connectivity index (χ1v) is 6.82. The van der Waals surface area contributed by atoms with Crippen molar-refractivity contribution in [3.05, 3.63) is 66.7 Å². The molecule has 0 fully saturated rings. The maximum Gasteiger partial charge on any atom is 0.116 e. The van der Waals surface area contributed by atoms with Crippen LogP contribution in [0.4, 0.5) is 5.69 Å². The molecule has 0 radical (unpaired) electrons. The third kappa shape index (κ3) is 1.46. The third-order valence-electron chi connectivity index (χ3n) is 4.21. The molecule has 3 nitrogen and oxygen atoms in total. The van der Waals surface area contributed by atoms with E-state index in [0.29, 0.717) is 0 Å². The molecule has 0 spiro atoms. The first-order valence-electron chi connectivity index (χ1n) is 6.82. The zero-order chi connectivity index (χ0) is 13.6. The molecule has 2 aromatic rings. The Morgan fingerprint density at radius 3 is 2.80 bits per heavy atom. The first kappa shape index (κ1) is 11.4. The molecule has 2 heterocycles. The molecule has 2 aliphatic rings. The fourth-order valence-electron chi connectivity index (χ4n) is 3.06. The van der Waals surface area contributed by atoms with E-state index in [1.54, 1.807) is 6.33 Å². The van der Waals surface area contributed by atoms with Gasteiger partial charge in [0.05, 0.1) is 28.5 Å². The van der Waals surface area contributed by atoms with Crippen LogP contribution in [0.3, 0.4) is 0 Å². The van der Waals surface area contributed by atoms with Gasteiger partial charge in [0.2, 0.25) is 0 Å². The molecule has 3 heteroatoms. The second-order valence-corrected chi connectivity index (χ2v) is 5.46. The van der Waals surface area contributed by atoms with Crippen LogP contribution in [0.25, 0.3) is 11.3 Å². The molecule has 20 heavy (non-hydrogen) atoms. The van der Waals surface area contributed by atoms with Crippen molar-refractivity contribution >= 4 is 5.69 Å². The largest absolute Gasteiger partial charge is 0.374 e. The second kappa shape index (κ2) is 4.04. The Labute approximate surface area is 118 Å². The minimum Gasteiger partial charge on any atom is -0.374 e. The number of fused-ring (bicyclic) bond motifs is 3. The van der Waals surface area contributed by atoms with Crippen LogP contribution in [0.15, 0.2) is 61.0 Å². The van der Waals surface area contributed by atoms with E-state index in [0.717, 1.165) is 22.6 Å². The molecule has 98 valence electrons. The zero-order valence-corrected chi connectivity index (χ0v) is 11.2. The molecule has 1 N–H and O–H groups in total. The number of rotatable bonds is 1. The molecular weight excluding hydrogens is 246 g/mol. The molecule has 1 aromatic carbocycles. The summed E-state index contributed by atoms with van der Waals surface area (Å²) in [6, 6.07) is 10.5. The Bertz CT molecular complexity index is 718. The maximum absolute atomic E-state index is 4.54. The number of hydrogen-bond donors (Lipinski definition) is 1. The van der Waals surface area contributed by atoms with Gasteiger partial charge in [0.1, 0.15) is 6.33 Å². The fraction of sp³-hybridized carbons (Fsp3) is 0.176. The Kier molecular flexibility index (Phi) is 2.30. The van der Waals surface area contributed by atoms with Crippen molar-refractivity contribution < 1.29 is 0 Å². The molecule has 4 rings (SSSR count). The highest BCUT2D eigenvalue weighted by Gasteiger charge is 2.43. The van der Waals surface area contributed by atoms with Gasteiger partial charge in [0.25, 0.3) is 0 Å².